The van der Waals surface area contributed by atoms with Gasteiger partial charge in [-0.05, 0) is 31.0 Å². The van der Waals surface area contributed by atoms with Crippen LogP contribution in [0.25, 0.3) is 10.9 Å². The zero-order valence-corrected chi connectivity index (χ0v) is 9.72. The van der Waals surface area contributed by atoms with Crippen molar-refractivity contribution in [3.63, 3.8) is 0 Å². The summed E-state index contributed by atoms with van der Waals surface area (Å²) < 4.78 is 1.70. The third-order valence-corrected chi connectivity index (χ3v) is 3.31. The van der Waals surface area contributed by atoms with Crippen LogP contribution in [0.15, 0.2) is 23.0 Å². The lowest BCUT2D eigenvalue weighted by atomic mass is 10.1. The minimum absolute atomic E-state index is 0.0633. The highest BCUT2D eigenvalue weighted by Gasteiger charge is 2.15. The second kappa shape index (κ2) is 3.94. The van der Waals surface area contributed by atoms with E-state index in [2.05, 4.69) is 4.98 Å². The molecule has 0 fully saturated rings. The number of fused-ring (bicyclic) bond motifs is 2. The maximum absolute atomic E-state index is 12.2. The lowest BCUT2D eigenvalue weighted by Crippen LogP contribution is -2.28. The van der Waals surface area contributed by atoms with Gasteiger partial charge in [0, 0.05) is 13.0 Å². The smallest absolute Gasteiger partial charge is 0.335 e. The summed E-state index contributed by atoms with van der Waals surface area (Å²) in [6, 6.07) is 4.47. The molecule has 0 atom stereocenters. The van der Waals surface area contributed by atoms with E-state index in [-0.39, 0.29) is 11.1 Å². The Balaban J connectivity index is 2.31. The molecule has 0 radical (unpaired) electrons. The van der Waals surface area contributed by atoms with Gasteiger partial charge in [-0.1, -0.05) is 0 Å². The molecule has 1 aliphatic heterocycles. The summed E-state index contributed by atoms with van der Waals surface area (Å²) in [6.45, 7) is 0.706. The van der Waals surface area contributed by atoms with Crippen LogP contribution in [0.5, 0.6) is 0 Å². The number of rotatable bonds is 1. The molecule has 3 rings (SSSR count). The number of carbonyl (C=O) groups is 1. The van der Waals surface area contributed by atoms with E-state index in [0.29, 0.717) is 17.4 Å². The van der Waals surface area contributed by atoms with E-state index in [1.54, 1.807) is 10.6 Å². The van der Waals surface area contributed by atoms with Gasteiger partial charge in [0.1, 0.15) is 5.82 Å². The molecule has 0 bridgehead atoms. The Kier molecular flexibility index (Phi) is 2.40. The van der Waals surface area contributed by atoms with Crippen LogP contribution in [0, 0.1) is 0 Å². The summed E-state index contributed by atoms with van der Waals surface area (Å²) in [6.07, 6.45) is 2.80. The molecular weight excluding hydrogens is 232 g/mol. The molecule has 5 heteroatoms. The molecule has 0 amide bonds. The van der Waals surface area contributed by atoms with Crippen molar-refractivity contribution in [3.05, 3.63) is 39.9 Å². The van der Waals surface area contributed by atoms with E-state index >= 15 is 0 Å². The fraction of sp³-hybridized carbons (Fsp3) is 0.308. The molecule has 5 nitrogen and oxygen atoms in total. The van der Waals surface area contributed by atoms with E-state index in [1.807, 2.05) is 0 Å². The van der Waals surface area contributed by atoms with E-state index < -0.39 is 5.97 Å². The Morgan fingerprint density at radius 2 is 2.17 bits per heavy atom. The van der Waals surface area contributed by atoms with Crippen molar-refractivity contribution in [2.75, 3.05) is 0 Å². The molecule has 0 saturated carbocycles. The molecular formula is C13H12N2O3. The first-order valence-corrected chi connectivity index (χ1v) is 5.93. The molecule has 1 aliphatic rings. The highest BCUT2D eigenvalue weighted by atomic mass is 16.4. The van der Waals surface area contributed by atoms with Gasteiger partial charge >= 0.3 is 5.97 Å². The molecule has 92 valence electrons. The first-order valence-electron chi connectivity index (χ1n) is 5.93. The summed E-state index contributed by atoms with van der Waals surface area (Å²) >= 11 is 0. The Labute approximate surface area is 103 Å². The van der Waals surface area contributed by atoms with Crippen LogP contribution in [0.3, 0.4) is 0 Å². The highest BCUT2D eigenvalue weighted by Crippen LogP contribution is 2.16. The molecule has 0 aliphatic carbocycles. The van der Waals surface area contributed by atoms with E-state index in [0.717, 1.165) is 25.1 Å². The van der Waals surface area contributed by atoms with E-state index in [1.165, 1.54) is 12.1 Å². The SMILES string of the molecule is O=C(O)c1ccc2c(=O)n3c(nc2c1)CCCC3. The average molecular weight is 244 g/mol. The van der Waals surface area contributed by atoms with Crippen molar-refractivity contribution in [2.45, 2.75) is 25.8 Å². The van der Waals surface area contributed by atoms with Crippen molar-refractivity contribution in [1.82, 2.24) is 9.55 Å². The fourth-order valence-corrected chi connectivity index (χ4v) is 2.37. The predicted molar refractivity (Wildman–Crippen MR) is 65.9 cm³/mol. The number of aromatic nitrogens is 2. The molecule has 0 saturated heterocycles. The topological polar surface area (TPSA) is 72.2 Å². The van der Waals surface area contributed by atoms with Crippen molar-refractivity contribution < 1.29 is 9.90 Å². The first-order chi connectivity index (χ1) is 8.66. The van der Waals surface area contributed by atoms with Crippen LogP contribution >= 0.6 is 0 Å². The Morgan fingerprint density at radius 1 is 1.33 bits per heavy atom. The fourth-order valence-electron chi connectivity index (χ4n) is 2.37. The van der Waals surface area contributed by atoms with Gasteiger partial charge in [0.05, 0.1) is 16.5 Å². The number of aromatic carboxylic acids is 1. The molecule has 1 aromatic carbocycles. The van der Waals surface area contributed by atoms with Crippen molar-refractivity contribution in [2.24, 2.45) is 0 Å². The van der Waals surface area contributed by atoms with E-state index in [9.17, 15) is 9.59 Å². The number of carboxylic acid groups (broad SMARTS) is 1. The average Bonchev–Trinajstić information content (AvgIpc) is 2.38. The van der Waals surface area contributed by atoms with Crippen molar-refractivity contribution in [1.29, 1.82) is 0 Å². The lowest BCUT2D eigenvalue weighted by molar-refractivity contribution is 0.0697. The van der Waals surface area contributed by atoms with Crippen molar-refractivity contribution in [3.8, 4) is 0 Å². The zero-order valence-electron chi connectivity index (χ0n) is 9.72. The number of benzene rings is 1. The monoisotopic (exact) mass is 244 g/mol. The van der Waals surface area contributed by atoms with Gasteiger partial charge < -0.3 is 5.11 Å². The molecule has 0 spiro atoms. The van der Waals surface area contributed by atoms with Crippen LogP contribution in [0.1, 0.15) is 29.0 Å². The van der Waals surface area contributed by atoms with Gasteiger partial charge in [-0.2, -0.15) is 0 Å². The predicted octanol–water partition coefficient (Wildman–Crippen LogP) is 1.43. The van der Waals surface area contributed by atoms with Crippen LogP contribution in [0.2, 0.25) is 0 Å². The highest BCUT2D eigenvalue weighted by molar-refractivity contribution is 5.92. The number of carboxylic acids is 1. The maximum Gasteiger partial charge on any atom is 0.335 e. The summed E-state index contributed by atoms with van der Waals surface area (Å²) in [7, 11) is 0. The Hall–Kier alpha value is -2.17. The van der Waals surface area contributed by atoms with Gasteiger partial charge in [0.25, 0.3) is 5.56 Å². The maximum atomic E-state index is 12.2. The normalized spacial score (nSPS) is 14.4. The summed E-state index contributed by atoms with van der Waals surface area (Å²) in [5.74, 6) is -0.238. The summed E-state index contributed by atoms with van der Waals surface area (Å²) in [4.78, 5) is 27.6. The van der Waals surface area contributed by atoms with Gasteiger partial charge in [0.2, 0.25) is 0 Å². The number of nitrogens with zero attached hydrogens (tertiary/aromatic N) is 2. The minimum Gasteiger partial charge on any atom is -0.478 e. The number of hydrogen-bond donors (Lipinski definition) is 1. The molecule has 1 aromatic heterocycles. The first kappa shape index (κ1) is 11.0. The molecule has 18 heavy (non-hydrogen) atoms. The summed E-state index contributed by atoms with van der Waals surface area (Å²) in [5.41, 5.74) is 0.579. The van der Waals surface area contributed by atoms with Gasteiger partial charge in [-0.25, -0.2) is 9.78 Å². The Morgan fingerprint density at radius 3 is 2.94 bits per heavy atom. The zero-order chi connectivity index (χ0) is 12.7. The molecule has 2 heterocycles. The largest absolute Gasteiger partial charge is 0.478 e. The second-order valence-corrected chi connectivity index (χ2v) is 4.48. The van der Waals surface area contributed by atoms with E-state index in [4.69, 9.17) is 5.11 Å². The lowest BCUT2D eigenvalue weighted by Gasteiger charge is -2.17. The minimum atomic E-state index is -1.00. The molecule has 2 aromatic rings. The van der Waals surface area contributed by atoms with Crippen LogP contribution in [-0.2, 0) is 13.0 Å². The molecule has 1 N–H and O–H groups in total. The van der Waals surface area contributed by atoms with Crippen LogP contribution < -0.4 is 5.56 Å². The quantitative estimate of drug-likeness (QED) is 0.823. The van der Waals surface area contributed by atoms with Gasteiger partial charge in [-0.15, -0.1) is 0 Å². The number of aryl methyl sites for hydroxylation is 1. The van der Waals surface area contributed by atoms with Gasteiger partial charge in [0.15, 0.2) is 0 Å². The van der Waals surface area contributed by atoms with Gasteiger partial charge in [-0.3, -0.25) is 9.36 Å². The van der Waals surface area contributed by atoms with Crippen LogP contribution in [-0.4, -0.2) is 20.6 Å². The molecule has 0 unspecified atom stereocenters. The van der Waals surface area contributed by atoms with Crippen molar-refractivity contribution >= 4 is 16.9 Å². The standard InChI is InChI=1S/C13H12N2O3/c16-12-9-5-4-8(13(17)18)7-10(9)14-11-3-1-2-6-15(11)12/h4-5,7H,1-3,6H2,(H,17,18). The third kappa shape index (κ3) is 1.59. The Bertz CT molecular complexity index is 703. The number of hydrogen-bond acceptors (Lipinski definition) is 3. The third-order valence-electron chi connectivity index (χ3n) is 3.31. The second-order valence-electron chi connectivity index (χ2n) is 4.48. The summed E-state index contributed by atoms with van der Waals surface area (Å²) in [5, 5.41) is 9.43. The van der Waals surface area contributed by atoms with Crippen LogP contribution in [0.4, 0.5) is 0 Å².